The Kier molecular flexibility index (Phi) is 6.87. The molecule has 5 nitrogen and oxygen atoms in total. The van der Waals surface area contributed by atoms with Crippen molar-refractivity contribution in [3.8, 4) is 11.5 Å². The molecule has 1 aromatic rings. The lowest BCUT2D eigenvalue weighted by atomic mass is 10.2. The maximum absolute atomic E-state index is 11.7. The minimum atomic E-state index is -0.135. The second-order valence-electron chi connectivity index (χ2n) is 4.58. The lowest BCUT2D eigenvalue weighted by molar-refractivity contribution is -0.123. The third-order valence-corrected chi connectivity index (χ3v) is 2.92. The number of amides is 1. The first-order valence-corrected chi connectivity index (χ1v) is 6.98. The molecule has 20 heavy (non-hydrogen) atoms. The van der Waals surface area contributed by atoms with Crippen LogP contribution in [0.5, 0.6) is 11.5 Å². The van der Waals surface area contributed by atoms with E-state index in [1.807, 2.05) is 32.9 Å². The van der Waals surface area contributed by atoms with Crippen LogP contribution in [0.25, 0.3) is 0 Å². The van der Waals surface area contributed by atoms with E-state index in [-0.39, 0.29) is 18.6 Å². The van der Waals surface area contributed by atoms with E-state index in [0.717, 1.165) is 12.0 Å². The van der Waals surface area contributed by atoms with Gasteiger partial charge >= 0.3 is 0 Å². The molecule has 0 saturated carbocycles. The van der Waals surface area contributed by atoms with E-state index in [1.54, 1.807) is 6.07 Å². The molecule has 0 aliphatic heterocycles. The summed E-state index contributed by atoms with van der Waals surface area (Å²) in [5, 5.41) is 2.85. The van der Waals surface area contributed by atoms with E-state index in [0.29, 0.717) is 24.7 Å². The highest BCUT2D eigenvalue weighted by molar-refractivity contribution is 5.77. The predicted octanol–water partition coefficient (Wildman–Crippen LogP) is 1.84. The minimum absolute atomic E-state index is 0.0214. The number of hydrogen-bond donors (Lipinski definition) is 2. The van der Waals surface area contributed by atoms with Crippen LogP contribution in [0.4, 0.5) is 0 Å². The molecule has 0 aliphatic rings. The molecule has 1 amide bonds. The molecule has 0 radical (unpaired) electrons. The molecule has 3 N–H and O–H groups in total. The summed E-state index contributed by atoms with van der Waals surface area (Å²) in [6, 6.07) is 5.64. The molecule has 1 rings (SSSR count). The van der Waals surface area contributed by atoms with Gasteiger partial charge in [0.05, 0.1) is 6.61 Å². The van der Waals surface area contributed by atoms with Crippen LogP contribution in [0, 0.1) is 0 Å². The van der Waals surface area contributed by atoms with Crippen LogP contribution in [0.3, 0.4) is 0 Å². The smallest absolute Gasteiger partial charge is 0.258 e. The van der Waals surface area contributed by atoms with E-state index in [9.17, 15) is 4.79 Å². The molecule has 1 unspecified atom stereocenters. The average molecular weight is 280 g/mol. The molecule has 0 spiro atoms. The lowest BCUT2D eigenvalue weighted by Gasteiger charge is -2.14. The van der Waals surface area contributed by atoms with E-state index in [4.69, 9.17) is 15.2 Å². The highest BCUT2D eigenvalue weighted by atomic mass is 16.5. The van der Waals surface area contributed by atoms with Gasteiger partial charge in [-0.15, -0.1) is 0 Å². The van der Waals surface area contributed by atoms with Crippen LogP contribution in [0.15, 0.2) is 18.2 Å². The van der Waals surface area contributed by atoms with Crippen LogP contribution in [-0.2, 0) is 11.3 Å². The second-order valence-corrected chi connectivity index (χ2v) is 4.58. The number of benzene rings is 1. The van der Waals surface area contributed by atoms with E-state index < -0.39 is 0 Å². The van der Waals surface area contributed by atoms with Gasteiger partial charge in [0.25, 0.3) is 5.91 Å². The highest BCUT2D eigenvalue weighted by Crippen LogP contribution is 2.28. The molecule has 0 fully saturated rings. The highest BCUT2D eigenvalue weighted by Gasteiger charge is 2.10. The van der Waals surface area contributed by atoms with Crippen molar-refractivity contribution in [3.05, 3.63) is 23.8 Å². The van der Waals surface area contributed by atoms with Crippen molar-refractivity contribution in [2.45, 2.75) is 39.8 Å². The Morgan fingerprint density at radius 1 is 1.30 bits per heavy atom. The lowest BCUT2D eigenvalue weighted by Crippen LogP contribution is -2.35. The first-order chi connectivity index (χ1) is 9.60. The molecule has 1 atom stereocenters. The number of hydrogen-bond acceptors (Lipinski definition) is 4. The van der Waals surface area contributed by atoms with Crippen LogP contribution in [-0.4, -0.2) is 25.2 Å². The van der Waals surface area contributed by atoms with Gasteiger partial charge in [-0.3, -0.25) is 4.79 Å². The van der Waals surface area contributed by atoms with E-state index in [1.165, 1.54) is 0 Å². The summed E-state index contributed by atoms with van der Waals surface area (Å²) in [6.07, 6.45) is 0.890. The zero-order chi connectivity index (χ0) is 15.0. The summed E-state index contributed by atoms with van der Waals surface area (Å²) in [5.74, 6) is 1.04. The summed E-state index contributed by atoms with van der Waals surface area (Å²) < 4.78 is 11.0. The van der Waals surface area contributed by atoms with Gasteiger partial charge in [-0.1, -0.05) is 13.0 Å². The van der Waals surface area contributed by atoms with Crippen LogP contribution in [0.1, 0.15) is 32.8 Å². The van der Waals surface area contributed by atoms with Gasteiger partial charge in [-0.25, -0.2) is 0 Å². The SMILES string of the molecule is CCOc1cc(CN)ccc1OCC(=O)NC(C)CC. The first-order valence-electron chi connectivity index (χ1n) is 6.98. The van der Waals surface area contributed by atoms with Crippen molar-refractivity contribution in [3.63, 3.8) is 0 Å². The molecule has 112 valence electrons. The quantitative estimate of drug-likeness (QED) is 0.762. The number of rotatable bonds is 8. The molecule has 0 bridgehead atoms. The minimum Gasteiger partial charge on any atom is -0.490 e. The number of carbonyl (C=O) groups is 1. The maximum atomic E-state index is 11.7. The molecule has 0 saturated heterocycles. The van der Waals surface area contributed by atoms with Crippen LogP contribution < -0.4 is 20.5 Å². The second kappa shape index (κ2) is 8.43. The van der Waals surface area contributed by atoms with Crippen molar-refractivity contribution in [2.75, 3.05) is 13.2 Å². The summed E-state index contributed by atoms with van der Waals surface area (Å²) >= 11 is 0. The van der Waals surface area contributed by atoms with Crippen molar-refractivity contribution >= 4 is 5.91 Å². The van der Waals surface area contributed by atoms with E-state index >= 15 is 0 Å². The van der Waals surface area contributed by atoms with Crippen molar-refractivity contribution in [1.29, 1.82) is 0 Å². The fourth-order valence-electron chi connectivity index (χ4n) is 1.63. The standard InChI is InChI=1S/C15H24N2O3/c1-4-11(3)17-15(18)10-20-13-7-6-12(9-16)8-14(13)19-5-2/h6-8,11H,4-5,9-10,16H2,1-3H3,(H,17,18). The number of nitrogens with one attached hydrogen (secondary N) is 1. The normalized spacial score (nSPS) is 11.8. The molecule has 0 heterocycles. The van der Waals surface area contributed by atoms with Crippen molar-refractivity contribution < 1.29 is 14.3 Å². The molecule has 0 aliphatic carbocycles. The van der Waals surface area contributed by atoms with E-state index in [2.05, 4.69) is 5.32 Å². The van der Waals surface area contributed by atoms with Gasteiger partial charge in [-0.2, -0.15) is 0 Å². The zero-order valence-corrected chi connectivity index (χ0v) is 12.4. The predicted molar refractivity (Wildman–Crippen MR) is 78.9 cm³/mol. The Hall–Kier alpha value is -1.75. The fraction of sp³-hybridized carbons (Fsp3) is 0.533. The van der Waals surface area contributed by atoms with Crippen LogP contribution >= 0.6 is 0 Å². The molecule has 1 aromatic carbocycles. The van der Waals surface area contributed by atoms with Gasteiger partial charge in [-0.05, 0) is 38.0 Å². The average Bonchev–Trinajstić information content (AvgIpc) is 2.46. The Balaban J connectivity index is 2.64. The summed E-state index contributed by atoms with van der Waals surface area (Å²) in [4.78, 5) is 11.7. The van der Waals surface area contributed by atoms with Gasteiger partial charge in [0.15, 0.2) is 18.1 Å². The van der Waals surface area contributed by atoms with Crippen molar-refractivity contribution in [2.24, 2.45) is 5.73 Å². The van der Waals surface area contributed by atoms with Gasteiger partial charge in [0.1, 0.15) is 0 Å². The van der Waals surface area contributed by atoms with Crippen LogP contribution in [0.2, 0.25) is 0 Å². The molecule has 5 heteroatoms. The Labute approximate surface area is 120 Å². The Morgan fingerprint density at radius 2 is 2.05 bits per heavy atom. The van der Waals surface area contributed by atoms with Gasteiger partial charge in [0, 0.05) is 12.6 Å². The fourth-order valence-corrected chi connectivity index (χ4v) is 1.63. The number of ether oxygens (including phenoxy) is 2. The maximum Gasteiger partial charge on any atom is 0.258 e. The third-order valence-electron chi connectivity index (χ3n) is 2.92. The monoisotopic (exact) mass is 280 g/mol. The molecule has 0 aromatic heterocycles. The Morgan fingerprint density at radius 3 is 2.65 bits per heavy atom. The largest absolute Gasteiger partial charge is 0.490 e. The van der Waals surface area contributed by atoms with Gasteiger partial charge < -0.3 is 20.5 Å². The van der Waals surface area contributed by atoms with Gasteiger partial charge in [0.2, 0.25) is 0 Å². The number of nitrogens with two attached hydrogens (primary N) is 1. The van der Waals surface area contributed by atoms with Crippen molar-refractivity contribution in [1.82, 2.24) is 5.32 Å². The molecular formula is C15H24N2O3. The summed E-state index contributed by atoms with van der Waals surface area (Å²) in [6.45, 7) is 6.82. The Bertz CT molecular complexity index is 435. The summed E-state index contributed by atoms with van der Waals surface area (Å²) in [5.41, 5.74) is 6.56. The zero-order valence-electron chi connectivity index (χ0n) is 12.4. The molecular weight excluding hydrogens is 256 g/mol. The number of carbonyl (C=O) groups excluding carboxylic acids is 1. The third kappa shape index (κ3) is 5.09. The summed E-state index contributed by atoms with van der Waals surface area (Å²) in [7, 11) is 0. The topological polar surface area (TPSA) is 73.6 Å². The first kappa shape index (κ1) is 16.3.